The smallest absolute Gasteiger partial charge is 0.317 e. The number of para-hydroxylation sites is 2. The van der Waals surface area contributed by atoms with E-state index in [2.05, 4.69) is 5.32 Å². The van der Waals surface area contributed by atoms with Crippen molar-refractivity contribution in [1.82, 2.24) is 4.90 Å². The largest absolute Gasteiger partial charge is 0.480 e. The zero-order valence-electron chi connectivity index (χ0n) is 14.2. The summed E-state index contributed by atoms with van der Waals surface area (Å²) in [7, 11) is 0. The average Bonchev–Trinajstić information content (AvgIpc) is 2.93. The third kappa shape index (κ3) is 6.03. The van der Waals surface area contributed by atoms with Crippen LogP contribution >= 0.6 is 12.4 Å². The quantitative estimate of drug-likeness (QED) is 0.731. The van der Waals surface area contributed by atoms with Crippen molar-refractivity contribution in [2.24, 2.45) is 0 Å². The van der Waals surface area contributed by atoms with Crippen molar-refractivity contribution in [2.45, 2.75) is 26.2 Å². The van der Waals surface area contributed by atoms with Gasteiger partial charge >= 0.3 is 5.97 Å². The highest BCUT2D eigenvalue weighted by atomic mass is 35.5. The summed E-state index contributed by atoms with van der Waals surface area (Å²) >= 11 is 0. The van der Waals surface area contributed by atoms with Crippen LogP contribution < -0.4 is 10.2 Å². The molecule has 2 rings (SSSR count). The molecule has 0 unspecified atom stereocenters. The number of amides is 2. The normalized spacial score (nSPS) is 13.7. The first-order chi connectivity index (χ1) is 11.5. The number of halogens is 1. The zero-order chi connectivity index (χ0) is 17.5. The van der Waals surface area contributed by atoms with Crippen molar-refractivity contribution in [3.8, 4) is 0 Å². The van der Waals surface area contributed by atoms with E-state index in [-0.39, 0.29) is 37.3 Å². The molecule has 1 saturated heterocycles. The van der Waals surface area contributed by atoms with Crippen LogP contribution in [0.15, 0.2) is 24.3 Å². The predicted octanol–water partition coefficient (Wildman–Crippen LogP) is 1.97. The molecule has 0 aliphatic carbocycles. The van der Waals surface area contributed by atoms with Gasteiger partial charge in [-0.1, -0.05) is 19.1 Å². The third-order valence-corrected chi connectivity index (χ3v) is 3.81. The number of hydrogen-bond donors (Lipinski definition) is 2. The van der Waals surface area contributed by atoms with Crippen molar-refractivity contribution in [1.29, 1.82) is 0 Å². The van der Waals surface area contributed by atoms with E-state index in [1.165, 1.54) is 0 Å². The van der Waals surface area contributed by atoms with Crippen LogP contribution in [-0.4, -0.2) is 54.0 Å². The van der Waals surface area contributed by atoms with Crippen LogP contribution in [0.4, 0.5) is 11.4 Å². The maximum absolute atomic E-state index is 12.3. The first-order valence-electron chi connectivity index (χ1n) is 8.14. The summed E-state index contributed by atoms with van der Waals surface area (Å²) in [5.41, 5.74) is 1.26. The number of aliphatic carboxylic acids is 1. The van der Waals surface area contributed by atoms with Crippen molar-refractivity contribution in [2.75, 3.05) is 36.4 Å². The number of nitrogens with zero attached hydrogens (tertiary/aromatic N) is 2. The van der Waals surface area contributed by atoms with E-state index in [9.17, 15) is 14.4 Å². The number of anilines is 2. The van der Waals surface area contributed by atoms with Gasteiger partial charge in [0.1, 0.15) is 0 Å². The Bertz CT molecular complexity index is 624. The van der Waals surface area contributed by atoms with E-state index in [4.69, 9.17) is 5.11 Å². The van der Waals surface area contributed by atoms with Crippen LogP contribution in [0.3, 0.4) is 0 Å². The van der Waals surface area contributed by atoms with Gasteiger partial charge in [-0.3, -0.25) is 19.3 Å². The number of carbonyl (C=O) groups excluding carboxylic acids is 2. The molecule has 0 spiro atoms. The van der Waals surface area contributed by atoms with Crippen molar-refractivity contribution in [3.05, 3.63) is 24.3 Å². The topological polar surface area (TPSA) is 89.9 Å². The molecule has 25 heavy (non-hydrogen) atoms. The Morgan fingerprint density at radius 3 is 2.60 bits per heavy atom. The molecule has 0 bridgehead atoms. The minimum absolute atomic E-state index is 0. The van der Waals surface area contributed by atoms with Gasteiger partial charge in [0, 0.05) is 13.0 Å². The van der Waals surface area contributed by atoms with Crippen LogP contribution in [0.25, 0.3) is 0 Å². The molecule has 0 saturated carbocycles. The number of carboxylic acids is 1. The van der Waals surface area contributed by atoms with Gasteiger partial charge < -0.3 is 15.3 Å². The van der Waals surface area contributed by atoms with E-state index in [0.717, 1.165) is 12.8 Å². The Morgan fingerprint density at radius 1 is 1.28 bits per heavy atom. The van der Waals surface area contributed by atoms with E-state index >= 15 is 0 Å². The molecule has 1 aromatic carbocycles. The molecule has 8 heteroatoms. The summed E-state index contributed by atoms with van der Waals surface area (Å²) < 4.78 is 0. The Balaban J connectivity index is 0.00000312. The fraction of sp³-hybridized carbons (Fsp3) is 0.471. The lowest BCUT2D eigenvalue weighted by atomic mass is 10.2. The van der Waals surface area contributed by atoms with Crippen molar-refractivity contribution >= 4 is 41.6 Å². The van der Waals surface area contributed by atoms with Gasteiger partial charge in [-0.25, -0.2) is 0 Å². The van der Waals surface area contributed by atoms with Crippen LogP contribution in [0, 0.1) is 0 Å². The molecule has 1 aromatic rings. The fourth-order valence-electron chi connectivity index (χ4n) is 2.83. The molecule has 1 aliphatic rings. The average molecular weight is 370 g/mol. The highest BCUT2D eigenvalue weighted by Gasteiger charge is 2.24. The molecule has 0 radical (unpaired) electrons. The van der Waals surface area contributed by atoms with Crippen molar-refractivity contribution in [3.63, 3.8) is 0 Å². The number of hydrogen-bond acceptors (Lipinski definition) is 4. The van der Waals surface area contributed by atoms with Crippen LogP contribution in [0.5, 0.6) is 0 Å². The van der Waals surface area contributed by atoms with Crippen molar-refractivity contribution < 1.29 is 19.5 Å². The molecular weight excluding hydrogens is 346 g/mol. The fourth-order valence-corrected chi connectivity index (χ4v) is 2.83. The highest BCUT2D eigenvalue weighted by Crippen LogP contribution is 2.29. The summed E-state index contributed by atoms with van der Waals surface area (Å²) in [6, 6.07) is 7.17. The van der Waals surface area contributed by atoms with Gasteiger partial charge in [-0.05, 0) is 31.5 Å². The van der Waals surface area contributed by atoms with E-state index < -0.39 is 5.97 Å². The lowest BCUT2D eigenvalue weighted by Gasteiger charge is -2.22. The molecule has 7 nitrogen and oxygen atoms in total. The Morgan fingerprint density at radius 2 is 2.00 bits per heavy atom. The molecule has 2 amide bonds. The number of rotatable bonds is 8. The van der Waals surface area contributed by atoms with E-state index in [1.807, 2.05) is 13.0 Å². The monoisotopic (exact) mass is 369 g/mol. The van der Waals surface area contributed by atoms with Gasteiger partial charge in [0.2, 0.25) is 11.8 Å². The molecule has 2 N–H and O–H groups in total. The first-order valence-corrected chi connectivity index (χ1v) is 8.14. The highest BCUT2D eigenvalue weighted by molar-refractivity contribution is 6.02. The molecule has 1 aliphatic heterocycles. The lowest BCUT2D eigenvalue weighted by molar-refractivity contribution is -0.138. The maximum Gasteiger partial charge on any atom is 0.317 e. The third-order valence-electron chi connectivity index (χ3n) is 3.81. The Hall–Kier alpha value is -2.12. The van der Waals surface area contributed by atoms with Gasteiger partial charge in [0.05, 0.1) is 24.5 Å². The minimum atomic E-state index is -0.959. The molecule has 0 atom stereocenters. The molecule has 138 valence electrons. The van der Waals surface area contributed by atoms with E-state index in [1.54, 1.807) is 28.0 Å². The second-order valence-electron chi connectivity index (χ2n) is 5.82. The number of carbonyl (C=O) groups is 3. The molecule has 0 aromatic heterocycles. The summed E-state index contributed by atoms with van der Waals surface area (Å²) in [5.74, 6) is -1.20. The summed E-state index contributed by atoms with van der Waals surface area (Å²) in [6.45, 7) is 2.94. The second-order valence-corrected chi connectivity index (χ2v) is 5.82. The summed E-state index contributed by atoms with van der Waals surface area (Å²) in [5, 5.41) is 11.7. The molecule has 1 fully saturated rings. The number of nitrogens with one attached hydrogen (secondary N) is 1. The minimum Gasteiger partial charge on any atom is -0.480 e. The van der Waals surface area contributed by atoms with Crippen LogP contribution in [-0.2, 0) is 14.4 Å². The predicted molar refractivity (Wildman–Crippen MR) is 98.3 cm³/mol. The van der Waals surface area contributed by atoms with Gasteiger partial charge in [0.25, 0.3) is 0 Å². The molecule has 1 heterocycles. The zero-order valence-corrected chi connectivity index (χ0v) is 15.1. The molecular formula is C17H24ClN3O4. The number of carboxylic acid groups (broad SMARTS) is 1. The maximum atomic E-state index is 12.3. The standard InChI is InChI=1S/C17H23N3O4.ClH/c1-2-9-19(12-17(23)24)11-15(21)18-13-6-3-4-7-14(13)20-10-5-8-16(20)22;/h3-4,6-7H,2,5,8-12H2,1H3,(H,18,21)(H,23,24);1H. The SMILES string of the molecule is CCCN(CC(=O)O)CC(=O)Nc1ccccc1N1CCCC1=O.Cl. The Kier molecular flexibility index (Phi) is 8.37. The summed E-state index contributed by atoms with van der Waals surface area (Å²) in [6.07, 6.45) is 2.09. The van der Waals surface area contributed by atoms with Gasteiger partial charge in [-0.15, -0.1) is 12.4 Å². The number of benzene rings is 1. The lowest BCUT2D eigenvalue weighted by Crippen LogP contribution is -2.37. The first kappa shape index (κ1) is 20.9. The van der Waals surface area contributed by atoms with Gasteiger partial charge in [0.15, 0.2) is 0 Å². The van der Waals surface area contributed by atoms with Crippen LogP contribution in [0.2, 0.25) is 0 Å². The summed E-state index contributed by atoms with van der Waals surface area (Å²) in [4.78, 5) is 38.3. The van der Waals surface area contributed by atoms with Crippen LogP contribution in [0.1, 0.15) is 26.2 Å². The van der Waals surface area contributed by atoms with Gasteiger partial charge in [-0.2, -0.15) is 0 Å². The van der Waals surface area contributed by atoms with E-state index in [0.29, 0.717) is 30.9 Å². The Labute approximate surface area is 153 Å². The second kappa shape index (κ2) is 10.0.